The van der Waals surface area contributed by atoms with Gasteiger partial charge in [-0.2, -0.15) is 13.2 Å². The summed E-state index contributed by atoms with van der Waals surface area (Å²) in [7, 11) is 0. The Balaban J connectivity index is 2.62. The highest BCUT2D eigenvalue weighted by Gasteiger charge is 2.34. The Morgan fingerprint density at radius 1 is 1.10 bits per heavy atom. The average molecular weight is 355 g/mol. The summed E-state index contributed by atoms with van der Waals surface area (Å²) >= 11 is 17.6. The van der Waals surface area contributed by atoms with Gasteiger partial charge in [0, 0.05) is 17.3 Å². The smallest absolute Gasteiger partial charge is 0.298 e. The standard InChI is InChI=1S/C13H5Cl3F3NO/c14-9-2-1-7(11(15)12(9)16)10-3-6(5-21)8(4-20-10)13(17,18)19/h1-5H. The van der Waals surface area contributed by atoms with Crippen molar-refractivity contribution in [2.24, 2.45) is 0 Å². The molecule has 21 heavy (non-hydrogen) atoms. The van der Waals surface area contributed by atoms with Crippen LogP contribution in [-0.4, -0.2) is 11.3 Å². The molecule has 0 amide bonds. The number of aromatic nitrogens is 1. The Morgan fingerprint density at radius 3 is 2.33 bits per heavy atom. The van der Waals surface area contributed by atoms with Gasteiger partial charge in [-0.15, -0.1) is 0 Å². The lowest BCUT2D eigenvalue weighted by Crippen LogP contribution is -2.10. The minimum Gasteiger partial charge on any atom is -0.298 e. The van der Waals surface area contributed by atoms with Crippen molar-refractivity contribution in [3.05, 3.63) is 50.6 Å². The van der Waals surface area contributed by atoms with Crippen molar-refractivity contribution in [1.82, 2.24) is 4.98 Å². The first-order valence-electron chi connectivity index (χ1n) is 5.42. The lowest BCUT2D eigenvalue weighted by atomic mass is 10.1. The highest BCUT2D eigenvalue weighted by molar-refractivity contribution is 6.49. The molecular weight excluding hydrogens is 350 g/mol. The minimum absolute atomic E-state index is 0.0493. The van der Waals surface area contributed by atoms with E-state index in [9.17, 15) is 18.0 Å². The maximum Gasteiger partial charge on any atom is 0.418 e. The zero-order chi connectivity index (χ0) is 15.8. The normalized spacial score (nSPS) is 11.5. The van der Waals surface area contributed by atoms with E-state index in [1.54, 1.807) is 0 Å². The fourth-order valence-electron chi connectivity index (χ4n) is 1.68. The summed E-state index contributed by atoms with van der Waals surface area (Å²) in [6.45, 7) is 0. The fourth-order valence-corrected chi connectivity index (χ4v) is 2.31. The van der Waals surface area contributed by atoms with Gasteiger partial charge in [0.1, 0.15) is 0 Å². The van der Waals surface area contributed by atoms with Crippen LogP contribution in [0.3, 0.4) is 0 Å². The maximum absolute atomic E-state index is 12.7. The van der Waals surface area contributed by atoms with E-state index in [-0.39, 0.29) is 32.6 Å². The Morgan fingerprint density at radius 2 is 1.76 bits per heavy atom. The summed E-state index contributed by atoms with van der Waals surface area (Å²) < 4.78 is 38.1. The molecule has 0 N–H and O–H groups in total. The van der Waals surface area contributed by atoms with Crippen LogP contribution in [0.15, 0.2) is 24.4 Å². The number of aldehydes is 1. The van der Waals surface area contributed by atoms with Gasteiger partial charge in [0.25, 0.3) is 0 Å². The lowest BCUT2D eigenvalue weighted by Gasteiger charge is -2.11. The van der Waals surface area contributed by atoms with E-state index in [0.29, 0.717) is 6.20 Å². The van der Waals surface area contributed by atoms with Gasteiger partial charge in [-0.25, -0.2) is 0 Å². The number of nitrogens with zero attached hydrogens (tertiary/aromatic N) is 1. The Hall–Kier alpha value is -1.30. The molecule has 1 aromatic heterocycles. The lowest BCUT2D eigenvalue weighted by molar-refractivity contribution is -0.138. The molecule has 2 rings (SSSR count). The number of hydrogen-bond acceptors (Lipinski definition) is 2. The summed E-state index contributed by atoms with van der Waals surface area (Å²) in [4.78, 5) is 14.5. The number of pyridine rings is 1. The Bertz CT molecular complexity index is 717. The first-order chi connectivity index (χ1) is 9.75. The van der Waals surface area contributed by atoms with E-state index in [0.717, 1.165) is 6.07 Å². The van der Waals surface area contributed by atoms with Crippen LogP contribution >= 0.6 is 34.8 Å². The first-order valence-corrected chi connectivity index (χ1v) is 6.55. The summed E-state index contributed by atoms with van der Waals surface area (Å²) in [5.74, 6) is 0. The number of benzene rings is 1. The van der Waals surface area contributed by atoms with Gasteiger partial charge in [0.15, 0.2) is 6.29 Å². The number of hydrogen-bond donors (Lipinski definition) is 0. The van der Waals surface area contributed by atoms with Crippen LogP contribution in [0.1, 0.15) is 15.9 Å². The topological polar surface area (TPSA) is 30.0 Å². The molecule has 1 aromatic carbocycles. The van der Waals surface area contributed by atoms with Crippen molar-refractivity contribution in [2.45, 2.75) is 6.18 Å². The third-order valence-electron chi connectivity index (χ3n) is 2.68. The monoisotopic (exact) mass is 353 g/mol. The second-order valence-electron chi connectivity index (χ2n) is 4.00. The minimum atomic E-state index is -4.66. The van der Waals surface area contributed by atoms with Crippen LogP contribution in [0, 0.1) is 0 Å². The SMILES string of the molecule is O=Cc1cc(-c2ccc(Cl)c(Cl)c2Cl)ncc1C(F)(F)F. The molecule has 0 bridgehead atoms. The van der Waals surface area contributed by atoms with Crippen LogP contribution in [-0.2, 0) is 6.18 Å². The molecule has 110 valence electrons. The zero-order valence-electron chi connectivity index (χ0n) is 10.0. The van der Waals surface area contributed by atoms with Crippen LogP contribution in [0.25, 0.3) is 11.3 Å². The van der Waals surface area contributed by atoms with Crippen molar-refractivity contribution in [3.8, 4) is 11.3 Å². The predicted molar refractivity (Wildman–Crippen MR) is 75.1 cm³/mol. The second-order valence-corrected chi connectivity index (χ2v) is 5.16. The van der Waals surface area contributed by atoms with E-state index in [1.807, 2.05) is 0 Å². The van der Waals surface area contributed by atoms with Gasteiger partial charge >= 0.3 is 6.18 Å². The molecule has 0 unspecified atom stereocenters. The highest BCUT2D eigenvalue weighted by Crippen LogP contribution is 2.38. The molecule has 0 fully saturated rings. The van der Waals surface area contributed by atoms with Gasteiger partial charge in [0.05, 0.1) is 26.3 Å². The Labute approximate surface area is 132 Å². The number of rotatable bonds is 2. The van der Waals surface area contributed by atoms with Crippen molar-refractivity contribution >= 4 is 41.1 Å². The molecule has 8 heteroatoms. The number of carbonyl (C=O) groups excluding carboxylic acids is 1. The summed E-state index contributed by atoms with van der Waals surface area (Å²) in [5.41, 5.74) is -1.27. The number of carbonyl (C=O) groups is 1. The number of halogens is 6. The fraction of sp³-hybridized carbons (Fsp3) is 0.0769. The molecule has 2 nitrogen and oxygen atoms in total. The quantitative estimate of drug-likeness (QED) is 0.523. The van der Waals surface area contributed by atoms with E-state index in [2.05, 4.69) is 4.98 Å². The van der Waals surface area contributed by atoms with Crippen molar-refractivity contribution in [2.75, 3.05) is 0 Å². The number of alkyl halides is 3. The van der Waals surface area contributed by atoms with Gasteiger partial charge in [-0.1, -0.05) is 34.8 Å². The van der Waals surface area contributed by atoms with E-state index < -0.39 is 17.3 Å². The Kier molecular flexibility index (Phi) is 4.46. The van der Waals surface area contributed by atoms with Crippen molar-refractivity contribution in [3.63, 3.8) is 0 Å². The second kappa shape index (κ2) is 5.83. The van der Waals surface area contributed by atoms with Crippen LogP contribution in [0.5, 0.6) is 0 Å². The van der Waals surface area contributed by atoms with E-state index in [1.165, 1.54) is 12.1 Å². The molecule has 0 radical (unpaired) electrons. The molecular formula is C13H5Cl3F3NO. The maximum atomic E-state index is 12.7. The molecule has 0 aliphatic rings. The summed E-state index contributed by atoms with van der Waals surface area (Å²) in [6, 6.07) is 3.90. The summed E-state index contributed by atoms with van der Waals surface area (Å²) in [5, 5.41) is 0.311. The van der Waals surface area contributed by atoms with E-state index in [4.69, 9.17) is 34.8 Å². The molecule has 0 saturated heterocycles. The van der Waals surface area contributed by atoms with Crippen molar-refractivity contribution in [1.29, 1.82) is 0 Å². The van der Waals surface area contributed by atoms with Gasteiger partial charge in [-0.3, -0.25) is 9.78 Å². The largest absolute Gasteiger partial charge is 0.418 e. The van der Waals surface area contributed by atoms with Gasteiger partial charge in [0.2, 0.25) is 0 Å². The molecule has 1 heterocycles. The van der Waals surface area contributed by atoms with Gasteiger partial charge < -0.3 is 0 Å². The summed E-state index contributed by atoms with van der Waals surface area (Å²) in [6.07, 6.45) is -3.97. The highest BCUT2D eigenvalue weighted by atomic mass is 35.5. The average Bonchev–Trinajstić information content (AvgIpc) is 2.43. The third-order valence-corrected chi connectivity index (χ3v) is 3.97. The van der Waals surface area contributed by atoms with Crippen molar-refractivity contribution < 1.29 is 18.0 Å². The molecule has 0 saturated carbocycles. The zero-order valence-corrected chi connectivity index (χ0v) is 12.3. The van der Waals surface area contributed by atoms with E-state index >= 15 is 0 Å². The molecule has 0 atom stereocenters. The van der Waals surface area contributed by atoms with Crippen LogP contribution in [0.2, 0.25) is 15.1 Å². The predicted octanol–water partition coefficient (Wildman–Crippen LogP) is 5.54. The van der Waals surface area contributed by atoms with Crippen LogP contribution < -0.4 is 0 Å². The molecule has 0 spiro atoms. The third kappa shape index (κ3) is 3.15. The first kappa shape index (κ1) is 16.1. The molecule has 0 aliphatic carbocycles. The molecule has 2 aromatic rings. The van der Waals surface area contributed by atoms with Gasteiger partial charge in [-0.05, 0) is 18.2 Å². The van der Waals surface area contributed by atoms with Crippen LogP contribution in [0.4, 0.5) is 13.2 Å². The molecule has 0 aliphatic heterocycles.